The van der Waals surface area contributed by atoms with Gasteiger partial charge in [-0.15, -0.1) is 0 Å². The van der Waals surface area contributed by atoms with Gasteiger partial charge in [0.05, 0.1) is 0 Å². The normalized spacial score (nSPS) is 10.6. The quantitative estimate of drug-likeness (QED) is 0.523. The highest BCUT2D eigenvalue weighted by molar-refractivity contribution is 5.94. The number of amides is 2. The molecule has 3 aromatic rings. The lowest BCUT2D eigenvalue weighted by Gasteiger charge is -2.19. The van der Waals surface area contributed by atoms with Crippen LogP contribution in [0.15, 0.2) is 84.9 Å². The zero-order chi connectivity index (χ0) is 21.2. The number of carbonyl (C=O) groups excluding carboxylic acids is 2. The number of rotatable bonds is 9. The maximum Gasteiger partial charge on any atom is 0.251 e. The Kier molecular flexibility index (Phi) is 7.72. The average molecular weight is 404 g/mol. The third-order valence-corrected chi connectivity index (χ3v) is 4.88. The fourth-order valence-electron chi connectivity index (χ4n) is 3.26. The van der Waals surface area contributed by atoms with Crippen LogP contribution < -0.4 is 10.6 Å². The van der Waals surface area contributed by atoms with Crippen molar-refractivity contribution >= 4 is 11.8 Å². The van der Waals surface area contributed by atoms with Gasteiger partial charge >= 0.3 is 0 Å². The molecular weight excluding hydrogens is 379 g/mol. The highest BCUT2D eigenvalue weighted by Crippen LogP contribution is 2.23. The van der Waals surface area contributed by atoms with Crippen LogP contribution >= 0.6 is 0 Å². The second kappa shape index (κ2) is 10.9. The van der Waals surface area contributed by atoms with Crippen LogP contribution in [0.25, 0.3) is 0 Å². The summed E-state index contributed by atoms with van der Waals surface area (Å²) in [5, 5.41) is 5.76. The van der Waals surface area contributed by atoms with E-state index in [0.29, 0.717) is 31.5 Å². The molecular formula is C25H25FN2O2. The van der Waals surface area contributed by atoms with Gasteiger partial charge in [0.2, 0.25) is 5.91 Å². The summed E-state index contributed by atoms with van der Waals surface area (Å²) >= 11 is 0. The monoisotopic (exact) mass is 404 g/mol. The first-order valence-electron chi connectivity index (χ1n) is 10.0. The van der Waals surface area contributed by atoms with Crippen molar-refractivity contribution in [1.82, 2.24) is 10.6 Å². The summed E-state index contributed by atoms with van der Waals surface area (Å²) < 4.78 is 12.9. The topological polar surface area (TPSA) is 58.2 Å². The lowest BCUT2D eigenvalue weighted by molar-refractivity contribution is -0.121. The van der Waals surface area contributed by atoms with Gasteiger partial charge in [0.15, 0.2) is 0 Å². The predicted molar refractivity (Wildman–Crippen MR) is 116 cm³/mol. The Morgan fingerprint density at radius 3 is 1.90 bits per heavy atom. The molecule has 0 fully saturated rings. The molecule has 0 aliphatic rings. The molecule has 0 atom stereocenters. The summed E-state index contributed by atoms with van der Waals surface area (Å²) in [4.78, 5) is 24.3. The summed E-state index contributed by atoms with van der Waals surface area (Å²) in [7, 11) is 0. The van der Waals surface area contributed by atoms with Crippen molar-refractivity contribution < 1.29 is 14.0 Å². The average Bonchev–Trinajstić information content (AvgIpc) is 2.78. The summed E-state index contributed by atoms with van der Waals surface area (Å²) in [6.07, 6.45) is 0.847. The Balaban J connectivity index is 1.45. The number of nitrogens with one attached hydrogen (secondary N) is 2. The van der Waals surface area contributed by atoms with Crippen molar-refractivity contribution in [2.75, 3.05) is 13.1 Å². The minimum Gasteiger partial charge on any atom is -0.355 e. The number of hydrogen-bond donors (Lipinski definition) is 2. The van der Waals surface area contributed by atoms with Crippen molar-refractivity contribution in [1.29, 1.82) is 0 Å². The van der Waals surface area contributed by atoms with Crippen LogP contribution in [0.4, 0.5) is 4.39 Å². The molecule has 0 radical (unpaired) electrons. The first-order chi connectivity index (χ1) is 14.6. The Bertz CT molecular complexity index is 904. The molecule has 3 rings (SSSR count). The smallest absolute Gasteiger partial charge is 0.251 e. The van der Waals surface area contributed by atoms with Gasteiger partial charge in [-0.2, -0.15) is 0 Å². The molecule has 2 amide bonds. The summed E-state index contributed by atoms with van der Waals surface area (Å²) in [5.74, 6) is -0.631. The number of benzene rings is 3. The van der Waals surface area contributed by atoms with Gasteiger partial charge in [-0.05, 0) is 41.8 Å². The summed E-state index contributed by atoms with van der Waals surface area (Å²) in [6, 6.07) is 25.6. The number of carbonyl (C=O) groups is 2. The largest absolute Gasteiger partial charge is 0.355 e. The van der Waals surface area contributed by atoms with Gasteiger partial charge in [-0.25, -0.2) is 4.39 Å². The first-order valence-corrected chi connectivity index (χ1v) is 10.0. The van der Waals surface area contributed by atoms with E-state index < -0.39 is 0 Å². The van der Waals surface area contributed by atoms with Crippen molar-refractivity contribution in [2.45, 2.75) is 18.8 Å². The predicted octanol–water partition coefficient (Wildman–Crippen LogP) is 4.28. The van der Waals surface area contributed by atoms with E-state index in [1.165, 1.54) is 24.3 Å². The number of halogens is 1. The van der Waals surface area contributed by atoms with Crippen LogP contribution in [-0.4, -0.2) is 24.9 Å². The molecule has 0 unspecified atom stereocenters. The second-order valence-electron chi connectivity index (χ2n) is 7.04. The molecule has 0 aromatic heterocycles. The first kappa shape index (κ1) is 21.2. The maximum absolute atomic E-state index is 12.9. The van der Waals surface area contributed by atoms with Gasteiger partial charge in [0.1, 0.15) is 5.82 Å². The van der Waals surface area contributed by atoms with E-state index in [2.05, 4.69) is 34.9 Å². The van der Waals surface area contributed by atoms with Crippen molar-refractivity contribution in [3.63, 3.8) is 0 Å². The van der Waals surface area contributed by atoms with Crippen LogP contribution in [0.1, 0.15) is 40.2 Å². The maximum atomic E-state index is 12.9. The fourth-order valence-corrected chi connectivity index (χ4v) is 3.26. The van der Waals surface area contributed by atoms with Crippen molar-refractivity contribution in [3.8, 4) is 0 Å². The lowest BCUT2D eigenvalue weighted by atomic mass is 9.91. The second-order valence-corrected chi connectivity index (χ2v) is 7.04. The zero-order valence-electron chi connectivity index (χ0n) is 16.7. The van der Waals surface area contributed by atoms with Crippen molar-refractivity contribution in [2.24, 2.45) is 0 Å². The van der Waals surface area contributed by atoms with Crippen LogP contribution in [0, 0.1) is 5.82 Å². The van der Waals surface area contributed by atoms with E-state index in [1.807, 2.05) is 36.4 Å². The van der Waals surface area contributed by atoms with Gasteiger partial charge in [0.25, 0.3) is 5.91 Å². The molecule has 5 heteroatoms. The molecule has 0 aliphatic heterocycles. The van der Waals surface area contributed by atoms with E-state index in [0.717, 1.165) is 11.1 Å². The molecule has 0 saturated heterocycles. The Hall–Kier alpha value is -3.47. The highest BCUT2D eigenvalue weighted by Gasteiger charge is 2.15. The molecule has 0 heterocycles. The van der Waals surface area contributed by atoms with Gasteiger partial charge < -0.3 is 10.6 Å². The molecule has 30 heavy (non-hydrogen) atoms. The Morgan fingerprint density at radius 1 is 0.767 bits per heavy atom. The Morgan fingerprint density at radius 2 is 1.33 bits per heavy atom. The van der Waals surface area contributed by atoms with E-state index in [9.17, 15) is 14.0 Å². The van der Waals surface area contributed by atoms with E-state index in [-0.39, 0.29) is 23.5 Å². The van der Waals surface area contributed by atoms with E-state index >= 15 is 0 Å². The van der Waals surface area contributed by atoms with Crippen molar-refractivity contribution in [3.05, 3.63) is 107 Å². The van der Waals surface area contributed by atoms with Crippen LogP contribution in [-0.2, 0) is 4.79 Å². The molecule has 0 spiro atoms. The van der Waals surface area contributed by atoms with E-state index in [4.69, 9.17) is 0 Å². The Labute approximate surface area is 176 Å². The molecule has 2 N–H and O–H groups in total. The molecule has 3 aromatic carbocycles. The lowest BCUT2D eigenvalue weighted by Crippen LogP contribution is -2.30. The molecule has 4 nitrogen and oxygen atoms in total. The highest BCUT2D eigenvalue weighted by atomic mass is 19.1. The summed E-state index contributed by atoms with van der Waals surface area (Å²) in [5.41, 5.74) is 2.69. The molecule has 0 bridgehead atoms. The third-order valence-electron chi connectivity index (χ3n) is 4.88. The van der Waals surface area contributed by atoms with Gasteiger partial charge in [-0.3, -0.25) is 9.59 Å². The molecule has 0 saturated carbocycles. The van der Waals surface area contributed by atoms with Crippen LogP contribution in [0.5, 0.6) is 0 Å². The van der Waals surface area contributed by atoms with Crippen LogP contribution in [0.2, 0.25) is 0 Å². The standard InChI is InChI=1S/C25H25FN2O2/c26-22-15-13-21(14-16-22)25(30)27-17-7-12-24(29)28-18-23(19-8-3-1-4-9-19)20-10-5-2-6-11-20/h1-6,8-11,13-16,23H,7,12,17-18H2,(H,27,30)(H,28,29). The van der Waals surface area contributed by atoms with Crippen LogP contribution in [0.3, 0.4) is 0 Å². The summed E-state index contributed by atoms with van der Waals surface area (Å²) in [6.45, 7) is 0.888. The third kappa shape index (κ3) is 6.27. The number of hydrogen-bond acceptors (Lipinski definition) is 2. The minimum atomic E-state index is -0.382. The van der Waals surface area contributed by atoms with Gasteiger partial charge in [0, 0.05) is 31.0 Å². The SMILES string of the molecule is O=C(CCCNC(=O)c1ccc(F)cc1)NCC(c1ccccc1)c1ccccc1. The zero-order valence-corrected chi connectivity index (χ0v) is 16.7. The van der Waals surface area contributed by atoms with Gasteiger partial charge in [-0.1, -0.05) is 60.7 Å². The molecule has 154 valence electrons. The minimum absolute atomic E-state index is 0.0529. The van der Waals surface area contributed by atoms with E-state index in [1.54, 1.807) is 0 Å². The molecule has 0 aliphatic carbocycles. The fraction of sp³-hybridized carbons (Fsp3) is 0.200.